The molecule has 2 rings (SSSR count). The van der Waals surface area contributed by atoms with Crippen molar-refractivity contribution in [2.75, 3.05) is 5.43 Å². The van der Waals surface area contributed by atoms with Crippen molar-refractivity contribution in [3.05, 3.63) is 42.4 Å². The Hall–Kier alpha value is -2.68. The second kappa shape index (κ2) is 4.70. The highest BCUT2D eigenvalue weighted by molar-refractivity contribution is 6.10. The van der Waals surface area contributed by atoms with Gasteiger partial charge in [0.25, 0.3) is 0 Å². The van der Waals surface area contributed by atoms with E-state index in [9.17, 15) is 0 Å². The summed E-state index contributed by atoms with van der Waals surface area (Å²) in [6.45, 7) is 0. The Bertz CT molecular complexity index is 508. The molecule has 2 aromatic heterocycles. The average Bonchev–Trinajstić information content (AvgIpc) is 2.84. The number of nitrogens with one attached hydrogen (secondary N) is 2. The SMILES string of the molecule is N#C/C(=N\Nc1ccn[nH]1)c1ccccn1. The minimum Gasteiger partial charge on any atom is -0.262 e. The van der Waals surface area contributed by atoms with Crippen LogP contribution in [-0.2, 0) is 0 Å². The summed E-state index contributed by atoms with van der Waals surface area (Å²) in [4.78, 5) is 4.03. The molecule has 2 heterocycles. The van der Waals surface area contributed by atoms with Crippen molar-refractivity contribution in [3.8, 4) is 6.07 Å². The van der Waals surface area contributed by atoms with E-state index in [4.69, 9.17) is 5.26 Å². The maximum absolute atomic E-state index is 8.92. The summed E-state index contributed by atoms with van der Waals surface area (Å²) < 4.78 is 0. The minimum atomic E-state index is 0.218. The maximum Gasteiger partial charge on any atom is 0.186 e. The van der Waals surface area contributed by atoms with Crippen molar-refractivity contribution < 1.29 is 0 Å². The summed E-state index contributed by atoms with van der Waals surface area (Å²) in [5, 5.41) is 19.3. The van der Waals surface area contributed by atoms with Crippen LogP contribution in [0.5, 0.6) is 0 Å². The molecule has 0 saturated carbocycles. The van der Waals surface area contributed by atoms with Gasteiger partial charge < -0.3 is 0 Å². The summed E-state index contributed by atoms with van der Waals surface area (Å²) in [6.07, 6.45) is 3.20. The number of hydrazone groups is 1. The number of aromatic amines is 1. The fourth-order valence-corrected chi connectivity index (χ4v) is 1.08. The Labute approximate surface area is 91.6 Å². The summed E-state index contributed by atoms with van der Waals surface area (Å²) in [7, 11) is 0. The Morgan fingerprint density at radius 1 is 1.38 bits per heavy atom. The number of anilines is 1. The first-order valence-corrected chi connectivity index (χ1v) is 4.55. The molecule has 6 nitrogen and oxygen atoms in total. The Balaban J connectivity index is 2.18. The number of H-pyrrole nitrogens is 1. The van der Waals surface area contributed by atoms with Crippen LogP contribution in [0.25, 0.3) is 0 Å². The van der Waals surface area contributed by atoms with E-state index in [2.05, 4.69) is 25.7 Å². The quantitative estimate of drug-likeness (QED) is 0.589. The van der Waals surface area contributed by atoms with Crippen LogP contribution < -0.4 is 5.43 Å². The van der Waals surface area contributed by atoms with Crippen molar-refractivity contribution in [2.24, 2.45) is 5.10 Å². The van der Waals surface area contributed by atoms with E-state index >= 15 is 0 Å². The molecule has 0 bridgehead atoms. The van der Waals surface area contributed by atoms with Crippen molar-refractivity contribution in [2.45, 2.75) is 0 Å². The van der Waals surface area contributed by atoms with E-state index in [1.807, 2.05) is 6.07 Å². The van der Waals surface area contributed by atoms with E-state index in [0.717, 1.165) is 0 Å². The molecule has 0 aliphatic rings. The summed E-state index contributed by atoms with van der Waals surface area (Å²) >= 11 is 0. The van der Waals surface area contributed by atoms with E-state index in [-0.39, 0.29) is 5.71 Å². The summed E-state index contributed by atoms with van der Waals surface area (Å²) in [5.41, 5.74) is 3.42. The van der Waals surface area contributed by atoms with Gasteiger partial charge in [-0.1, -0.05) is 6.07 Å². The van der Waals surface area contributed by atoms with Crippen molar-refractivity contribution >= 4 is 11.5 Å². The van der Waals surface area contributed by atoms with Gasteiger partial charge in [0.1, 0.15) is 17.6 Å². The zero-order chi connectivity index (χ0) is 11.2. The Morgan fingerprint density at radius 2 is 2.31 bits per heavy atom. The monoisotopic (exact) mass is 212 g/mol. The highest BCUT2D eigenvalue weighted by Gasteiger charge is 2.02. The fraction of sp³-hybridized carbons (Fsp3) is 0. The number of nitrogens with zero attached hydrogens (tertiary/aromatic N) is 4. The lowest BCUT2D eigenvalue weighted by atomic mass is 10.2. The first-order valence-electron chi connectivity index (χ1n) is 4.55. The van der Waals surface area contributed by atoms with E-state index < -0.39 is 0 Å². The van der Waals surface area contributed by atoms with Crippen LogP contribution in [0.4, 0.5) is 5.82 Å². The third kappa shape index (κ3) is 2.22. The lowest BCUT2D eigenvalue weighted by molar-refractivity contribution is 1.08. The lowest BCUT2D eigenvalue weighted by Crippen LogP contribution is -2.03. The van der Waals surface area contributed by atoms with Gasteiger partial charge in [0, 0.05) is 12.3 Å². The number of nitriles is 1. The van der Waals surface area contributed by atoms with Crippen molar-refractivity contribution in [1.29, 1.82) is 5.26 Å². The van der Waals surface area contributed by atoms with Gasteiger partial charge in [0.2, 0.25) is 0 Å². The van der Waals surface area contributed by atoms with Gasteiger partial charge in [-0.05, 0) is 12.1 Å². The molecule has 0 aliphatic heterocycles. The molecule has 16 heavy (non-hydrogen) atoms. The third-order valence-corrected chi connectivity index (χ3v) is 1.80. The second-order valence-electron chi connectivity index (χ2n) is 2.87. The van der Waals surface area contributed by atoms with Crippen LogP contribution in [0.1, 0.15) is 5.69 Å². The molecule has 0 aliphatic carbocycles. The van der Waals surface area contributed by atoms with E-state index in [0.29, 0.717) is 11.5 Å². The van der Waals surface area contributed by atoms with Gasteiger partial charge >= 0.3 is 0 Å². The Morgan fingerprint density at radius 3 is 2.94 bits per heavy atom. The molecule has 2 N–H and O–H groups in total. The number of aromatic nitrogens is 3. The molecule has 6 heteroatoms. The highest BCUT2D eigenvalue weighted by Crippen LogP contribution is 2.00. The molecule has 0 fully saturated rings. The van der Waals surface area contributed by atoms with Crippen molar-refractivity contribution in [1.82, 2.24) is 15.2 Å². The molecular formula is C10H8N6. The molecule has 0 radical (unpaired) electrons. The largest absolute Gasteiger partial charge is 0.262 e. The topological polar surface area (TPSA) is 89.8 Å². The molecule has 0 amide bonds. The zero-order valence-corrected chi connectivity index (χ0v) is 8.25. The van der Waals surface area contributed by atoms with Crippen molar-refractivity contribution in [3.63, 3.8) is 0 Å². The van der Waals surface area contributed by atoms with Crippen LogP contribution in [0.15, 0.2) is 41.8 Å². The summed E-state index contributed by atoms with van der Waals surface area (Å²) in [6, 6.07) is 8.97. The molecule has 2 aromatic rings. The number of pyridine rings is 1. The van der Waals surface area contributed by atoms with Crippen LogP contribution in [-0.4, -0.2) is 20.9 Å². The third-order valence-electron chi connectivity index (χ3n) is 1.80. The van der Waals surface area contributed by atoms with Crippen LogP contribution >= 0.6 is 0 Å². The normalized spacial score (nSPS) is 10.8. The second-order valence-corrected chi connectivity index (χ2v) is 2.87. The maximum atomic E-state index is 8.92. The number of rotatable bonds is 3. The molecule has 0 atom stereocenters. The lowest BCUT2D eigenvalue weighted by Gasteiger charge is -1.97. The molecule has 0 saturated heterocycles. The van der Waals surface area contributed by atoms with Gasteiger partial charge in [0.05, 0.1) is 6.20 Å². The van der Waals surface area contributed by atoms with Crippen LogP contribution in [0.3, 0.4) is 0 Å². The first kappa shape index (κ1) is 9.86. The van der Waals surface area contributed by atoms with Gasteiger partial charge in [-0.15, -0.1) is 0 Å². The smallest absolute Gasteiger partial charge is 0.186 e. The summed E-state index contributed by atoms with van der Waals surface area (Å²) in [5.74, 6) is 0.615. The average molecular weight is 212 g/mol. The fourth-order valence-electron chi connectivity index (χ4n) is 1.08. The number of hydrogen-bond donors (Lipinski definition) is 2. The molecule has 0 spiro atoms. The van der Waals surface area contributed by atoms with Gasteiger partial charge in [-0.25, -0.2) is 0 Å². The van der Waals surface area contributed by atoms with Gasteiger partial charge in [0.15, 0.2) is 5.71 Å². The predicted molar refractivity (Wildman–Crippen MR) is 58.6 cm³/mol. The predicted octanol–water partition coefficient (Wildman–Crippen LogP) is 1.14. The van der Waals surface area contributed by atoms with Gasteiger partial charge in [-0.2, -0.15) is 15.5 Å². The van der Waals surface area contributed by atoms with Crippen LogP contribution in [0, 0.1) is 11.3 Å². The van der Waals surface area contributed by atoms with E-state index in [1.54, 1.807) is 36.7 Å². The zero-order valence-electron chi connectivity index (χ0n) is 8.25. The minimum absolute atomic E-state index is 0.218. The van der Waals surface area contributed by atoms with E-state index in [1.165, 1.54) is 0 Å². The number of hydrogen-bond acceptors (Lipinski definition) is 5. The molecule has 0 unspecified atom stereocenters. The molecular weight excluding hydrogens is 204 g/mol. The molecule has 0 aromatic carbocycles. The highest BCUT2D eigenvalue weighted by atomic mass is 15.3. The van der Waals surface area contributed by atoms with Crippen LogP contribution in [0.2, 0.25) is 0 Å². The molecule has 78 valence electrons. The Kier molecular flexibility index (Phi) is 2.90. The van der Waals surface area contributed by atoms with Gasteiger partial charge in [-0.3, -0.25) is 15.5 Å². The first-order chi connectivity index (χ1) is 7.90. The standard InChI is InChI=1S/C10H8N6/c11-7-9(8-3-1-2-5-12-8)14-16-10-4-6-13-15-10/h1-6H,(H2,13,15,16)/b14-9+.